The molecule has 0 fully saturated rings. The highest BCUT2D eigenvalue weighted by Crippen LogP contribution is 2.27. The number of aliphatic hydroxyl groups excluding tert-OH is 1. The van der Waals surface area contributed by atoms with Crippen LogP contribution in [-0.2, 0) is 9.59 Å². The van der Waals surface area contributed by atoms with Gasteiger partial charge in [0.15, 0.2) is 11.9 Å². The Morgan fingerprint density at radius 3 is 2.75 bits per heavy atom. The van der Waals surface area contributed by atoms with Gasteiger partial charge in [0.05, 0.1) is 0 Å². The summed E-state index contributed by atoms with van der Waals surface area (Å²) < 4.78 is 0. The maximum absolute atomic E-state index is 12.0. The van der Waals surface area contributed by atoms with Gasteiger partial charge in [-0.3, -0.25) is 4.79 Å². The normalized spacial score (nSPS) is 15.7. The van der Waals surface area contributed by atoms with Crippen LogP contribution in [0, 0.1) is 0 Å². The van der Waals surface area contributed by atoms with E-state index in [4.69, 9.17) is 5.11 Å². The molecule has 0 spiro atoms. The van der Waals surface area contributed by atoms with Crippen LogP contribution in [0.4, 0.5) is 0 Å². The van der Waals surface area contributed by atoms with Crippen molar-refractivity contribution in [2.75, 3.05) is 0 Å². The first-order chi connectivity index (χ1) is 11.5. The number of carbonyl (C=O) groups excluding carboxylic acids is 1. The molecule has 0 aromatic carbocycles. The molecule has 0 heterocycles. The van der Waals surface area contributed by atoms with Crippen LogP contribution < -0.4 is 0 Å². The number of hydrogen-bond donors (Lipinski definition) is 2. The number of carbonyl (C=O) groups is 2. The summed E-state index contributed by atoms with van der Waals surface area (Å²) >= 11 is 0. The highest BCUT2D eigenvalue weighted by molar-refractivity contribution is 5.99. The van der Waals surface area contributed by atoms with E-state index in [0.29, 0.717) is 18.4 Å². The van der Waals surface area contributed by atoms with Crippen LogP contribution in [0.25, 0.3) is 0 Å². The summed E-state index contributed by atoms with van der Waals surface area (Å²) in [4.78, 5) is 22.6. The molecular formula is C20H28O4. The summed E-state index contributed by atoms with van der Waals surface area (Å²) in [6.07, 6.45) is 11.1. The van der Waals surface area contributed by atoms with E-state index in [1.807, 2.05) is 0 Å². The molecule has 132 valence electrons. The van der Waals surface area contributed by atoms with Crippen LogP contribution in [0.5, 0.6) is 0 Å². The summed E-state index contributed by atoms with van der Waals surface area (Å²) in [6, 6.07) is 0. The van der Waals surface area contributed by atoms with Crippen molar-refractivity contribution >= 4 is 11.8 Å². The first kappa shape index (κ1) is 20.1. The highest BCUT2D eigenvalue weighted by atomic mass is 16.4. The molecule has 1 aliphatic rings. The molecule has 0 aromatic heterocycles. The molecule has 1 aliphatic carbocycles. The fourth-order valence-electron chi connectivity index (χ4n) is 2.66. The first-order valence-electron chi connectivity index (χ1n) is 8.69. The molecule has 0 saturated heterocycles. The van der Waals surface area contributed by atoms with Crippen molar-refractivity contribution in [1.82, 2.24) is 0 Å². The number of carboxylic acid groups (broad SMARTS) is 1. The van der Waals surface area contributed by atoms with Gasteiger partial charge >= 0.3 is 5.97 Å². The Balaban J connectivity index is 2.67. The Morgan fingerprint density at radius 1 is 1.33 bits per heavy atom. The van der Waals surface area contributed by atoms with Crippen molar-refractivity contribution in [3.05, 3.63) is 40.7 Å². The zero-order chi connectivity index (χ0) is 17.9. The number of aliphatic hydroxyl groups is 1. The van der Waals surface area contributed by atoms with Gasteiger partial charge in [-0.15, -0.1) is 5.73 Å². The molecule has 0 radical (unpaired) electrons. The number of unbranched alkanes of at least 4 members (excludes halogenated alkanes) is 3. The van der Waals surface area contributed by atoms with E-state index in [-0.39, 0.29) is 12.2 Å². The van der Waals surface area contributed by atoms with Crippen LogP contribution >= 0.6 is 0 Å². The minimum Gasteiger partial charge on any atom is -0.479 e. The fourth-order valence-corrected chi connectivity index (χ4v) is 2.66. The van der Waals surface area contributed by atoms with E-state index in [2.05, 4.69) is 24.8 Å². The van der Waals surface area contributed by atoms with Crippen molar-refractivity contribution in [2.24, 2.45) is 0 Å². The van der Waals surface area contributed by atoms with Crippen LogP contribution in [0.3, 0.4) is 0 Å². The van der Waals surface area contributed by atoms with Crippen molar-refractivity contribution < 1.29 is 19.8 Å². The number of aliphatic carboxylic acids is 1. The largest absolute Gasteiger partial charge is 0.479 e. The molecule has 2 N–H and O–H groups in total. The van der Waals surface area contributed by atoms with E-state index in [0.717, 1.165) is 24.0 Å². The number of allylic oxidation sites excluding steroid dienone is 4. The SMILES string of the molecule is CCCCC/C=C/C1=C(CC=C=C(C)CC(O)C(=O)O)C(=O)CC1. The molecule has 0 amide bonds. The number of Topliss-reactive ketones (excluding diaryl/α,β-unsaturated/α-hetero) is 1. The van der Waals surface area contributed by atoms with Crippen molar-refractivity contribution in [2.45, 2.75) is 71.3 Å². The zero-order valence-electron chi connectivity index (χ0n) is 14.7. The molecule has 0 aromatic rings. The lowest BCUT2D eigenvalue weighted by Gasteiger charge is -2.03. The van der Waals surface area contributed by atoms with Gasteiger partial charge in [0, 0.05) is 24.8 Å². The summed E-state index contributed by atoms with van der Waals surface area (Å²) in [6.45, 7) is 3.90. The lowest BCUT2D eigenvalue weighted by atomic mass is 10.1. The summed E-state index contributed by atoms with van der Waals surface area (Å²) in [5, 5.41) is 18.0. The number of rotatable bonds is 10. The lowest BCUT2D eigenvalue weighted by molar-refractivity contribution is -0.146. The summed E-state index contributed by atoms with van der Waals surface area (Å²) in [5.41, 5.74) is 5.58. The second kappa shape index (κ2) is 10.8. The molecule has 0 saturated carbocycles. The molecule has 0 aliphatic heterocycles. The van der Waals surface area contributed by atoms with Crippen molar-refractivity contribution in [3.8, 4) is 0 Å². The Kier molecular flexibility index (Phi) is 9.06. The fraction of sp³-hybridized carbons (Fsp3) is 0.550. The minimum absolute atomic E-state index is 0.0447. The summed E-state index contributed by atoms with van der Waals surface area (Å²) in [5.74, 6) is -1.05. The molecular weight excluding hydrogens is 304 g/mol. The maximum Gasteiger partial charge on any atom is 0.332 e. The molecule has 1 unspecified atom stereocenters. The van der Waals surface area contributed by atoms with Crippen LogP contribution in [-0.4, -0.2) is 28.1 Å². The Bertz CT molecular complexity index is 574. The average Bonchev–Trinajstić information content (AvgIpc) is 2.87. The zero-order valence-corrected chi connectivity index (χ0v) is 14.7. The monoisotopic (exact) mass is 332 g/mol. The third kappa shape index (κ3) is 7.12. The van der Waals surface area contributed by atoms with Crippen molar-refractivity contribution in [3.63, 3.8) is 0 Å². The molecule has 1 atom stereocenters. The number of hydrogen-bond acceptors (Lipinski definition) is 3. The molecule has 0 bridgehead atoms. The molecule has 24 heavy (non-hydrogen) atoms. The van der Waals surface area contributed by atoms with Gasteiger partial charge in [0.25, 0.3) is 0 Å². The van der Waals surface area contributed by atoms with Gasteiger partial charge in [-0.2, -0.15) is 0 Å². The smallest absolute Gasteiger partial charge is 0.332 e. The maximum atomic E-state index is 12.0. The third-order valence-electron chi connectivity index (χ3n) is 4.08. The predicted octanol–water partition coefficient (Wildman–Crippen LogP) is 4.11. The summed E-state index contributed by atoms with van der Waals surface area (Å²) in [7, 11) is 0. The highest BCUT2D eigenvalue weighted by Gasteiger charge is 2.19. The van der Waals surface area contributed by atoms with Gasteiger partial charge in [0.1, 0.15) is 0 Å². The van der Waals surface area contributed by atoms with Gasteiger partial charge < -0.3 is 10.2 Å². The number of ketones is 1. The quantitative estimate of drug-likeness (QED) is 0.466. The van der Waals surface area contributed by atoms with E-state index < -0.39 is 12.1 Å². The van der Waals surface area contributed by atoms with Crippen LogP contribution in [0.2, 0.25) is 0 Å². The lowest BCUT2D eigenvalue weighted by Crippen LogP contribution is -2.19. The van der Waals surface area contributed by atoms with E-state index in [1.165, 1.54) is 19.3 Å². The Morgan fingerprint density at radius 2 is 2.08 bits per heavy atom. The topological polar surface area (TPSA) is 74.6 Å². The second-order valence-electron chi connectivity index (χ2n) is 6.22. The molecule has 4 nitrogen and oxygen atoms in total. The van der Waals surface area contributed by atoms with Gasteiger partial charge in [-0.1, -0.05) is 31.9 Å². The average molecular weight is 332 g/mol. The van der Waals surface area contributed by atoms with Crippen LogP contribution in [0.15, 0.2) is 40.7 Å². The standard InChI is InChI=1S/C20H28O4/c1-3-4-5-6-7-10-16-12-13-18(21)17(16)11-8-9-15(2)14-19(22)20(23)24/h7-8,10,19,22H,3-6,11-14H2,1-2H3,(H,23,24)/b10-7+. The molecule has 4 heteroatoms. The van der Waals surface area contributed by atoms with E-state index in [1.54, 1.807) is 13.0 Å². The first-order valence-corrected chi connectivity index (χ1v) is 8.69. The van der Waals surface area contributed by atoms with E-state index >= 15 is 0 Å². The number of carboxylic acids is 1. The van der Waals surface area contributed by atoms with Gasteiger partial charge in [-0.05, 0) is 43.4 Å². The second-order valence-corrected chi connectivity index (χ2v) is 6.22. The van der Waals surface area contributed by atoms with Gasteiger partial charge in [-0.25, -0.2) is 4.79 Å². The predicted molar refractivity (Wildman–Crippen MR) is 94.7 cm³/mol. The van der Waals surface area contributed by atoms with Crippen LogP contribution in [0.1, 0.15) is 65.2 Å². The Labute approximate surface area is 144 Å². The molecule has 1 rings (SSSR count). The Hall–Kier alpha value is -1.90. The van der Waals surface area contributed by atoms with E-state index in [9.17, 15) is 14.7 Å². The van der Waals surface area contributed by atoms with Crippen molar-refractivity contribution in [1.29, 1.82) is 0 Å². The third-order valence-corrected chi connectivity index (χ3v) is 4.08. The van der Waals surface area contributed by atoms with Gasteiger partial charge in [0.2, 0.25) is 0 Å². The minimum atomic E-state index is -1.40.